The maximum Gasteiger partial charge on any atom is 0.334 e. The van der Waals surface area contributed by atoms with E-state index in [0.717, 1.165) is 5.69 Å². The van der Waals surface area contributed by atoms with E-state index in [4.69, 9.17) is 0 Å². The highest BCUT2D eigenvalue weighted by molar-refractivity contribution is 5.31. The van der Waals surface area contributed by atoms with Crippen molar-refractivity contribution in [3.8, 4) is 5.69 Å². The van der Waals surface area contributed by atoms with Crippen molar-refractivity contribution in [3.63, 3.8) is 0 Å². The number of para-hydroxylation sites is 1. The summed E-state index contributed by atoms with van der Waals surface area (Å²) in [4.78, 5) is 22.1. The molecule has 0 bridgehead atoms. The highest BCUT2D eigenvalue weighted by Gasteiger charge is 2.16. The first-order valence-electron chi connectivity index (χ1n) is 6.33. The molecule has 0 unspecified atom stereocenters. The van der Waals surface area contributed by atoms with E-state index in [9.17, 15) is 14.9 Å². The summed E-state index contributed by atoms with van der Waals surface area (Å²) in [7, 11) is 0. The first-order chi connectivity index (χ1) is 10.7. The van der Waals surface area contributed by atoms with Gasteiger partial charge >= 0.3 is 11.2 Å². The first kappa shape index (κ1) is 13.6. The Bertz CT molecular complexity index is 871. The van der Waals surface area contributed by atoms with Crippen LogP contribution < -0.4 is 5.56 Å². The largest absolute Gasteiger partial charge is 0.334 e. The van der Waals surface area contributed by atoms with E-state index in [-0.39, 0.29) is 6.54 Å². The van der Waals surface area contributed by atoms with Crippen LogP contribution in [0.15, 0.2) is 53.5 Å². The summed E-state index contributed by atoms with van der Waals surface area (Å²) >= 11 is 0. The molecule has 0 aliphatic rings. The van der Waals surface area contributed by atoms with Gasteiger partial charge in [-0.1, -0.05) is 18.2 Å². The lowest BCUT2D eigenvalue weighted by molar-refractivity contribution is -0.386. The molecule has 0 fully saturated rings. The molecule has 0 spiro atoms. The molecule has 2 aromatic heterocycles. The standard InChI is InChI=1S/C13H10N6O3/c20-13-11(19(21)22)7-4-8-17(13)9-12-14-15-16-18(12)10-5-2-1-3-6-10/h1-8H,9H2. The molecule has 9 heteroatoms. The second kappa shape index (κ2) is 5.56. The molecule has 0 aliphatic carbocycles. The third-order valence-electron chi connectivity index (χ3n) is 3.04. The van der Waals surface area contributed by atoms with Gasteiger partial charge in [0.1, 0.15) is 0 Å². The zero-order chi connectivity index (χ0) is 15.5. The average Bonchev–Trinajstić information content (AvgIpc) is 2.98. The van der Waals surface area contributed by atoms with Gasteiger partial charge in [0.05, 0.1) is 17.2 Å². The van der Waals surface area contributed by atoms with Crippen molar-refractivity contribution >= 4 is 5.69 Å². The number of rotatable bonds is 4. The minimum absolute atomic E-state index is 0.0302. The summed E-state index contributed by atoms with van der Waals surface area (Å²) in [6, 6.07) is 11.8. The molecule has 110 valence electrons. The molecule has 9 nitrogen and oxygen atoms in total. The number of tetrazole rings is 1. The number of aromatic nitrogens is 5. The van der Waals surface area contributed by atoms with E-state index < -0.39 is 16.2 Å². The number of hydrogen-bond donors (Lipinski definition) is 0. The van der Waals surface area contributed by atoms with Crippen LogP contribution >= 0.6 is 0 Å². The average molecular weight is 298 g/mol. The molecule has 0 radical (unpaired) electrons. The summed E-state index contributed by atoms with van der Waals surface area (Å²) in [6.07, 6.45) is 1.46. The van der Waals surface area contributed by atoms with Crippen molar-refractivity contribution in [3.05, 3.63) is 75.0 Å². The molecule has 0 N–H and O–H groups in total. The molecule has 0 atom stereocenters. The third-order valence-corrected chi connectivity index (χ3v) is 3.04. The lowest BCUT2D eigenvalue weighted by Gasteiger charge is -2.06. The lowest BCUT2D eigenvalue weighted by atomic mass is 10.3. The van der Waals surface area contributed by atoms with E-state index in [1.54, 1.807) is 0 Å². The Morgan fingerprint density at radius 3 is 2.64 bits per heavy atom. The summed E-state index contributed by atoms with van der Waals surface area (Å²) in [5.74, 6) is 0.397. The molecule has 3 aromatic rings. The van der Waals surface area contributed by atoms with Gasteiger partial charge in [-0.3, -0.25) is 14.9 Å². The minimum Gasteiger partial charge on any atom is -0.302 e. The summed E-state index contributed by atoms with van der Waals surface area (Å²) < 4.78 is 2.68. The van der Waals surface area contributed by atoms with Gasteiger partial charge in [-0.2, -0.15) is 4.68 Å². The zero-order valence-corrected chi connectivity index (χ0v) is 11.2. The van der Waals surface area contributed by atoms with Crippen molar-refractivity contribution in [2.24, 2.45) is 0 Å². The number of hydrogen-bond acceptors (Lipinski definition) is 6. The normalized spacial score (nSPS) is 10.5. The minimum atomic E-state index is -0.709. The van der Waals surface area contributed by atoms with Crippen LogP contribution in [0.5, 0.6) is 0 Å². The van der Waals surface area contributed by atoms with E-state index in [1.807, 2.05) is 30.3 Å². The van der Waals surface area contributed by atoms with Crippen molar-refractivity contribution in [1.82, 2.24) is 24.8 Å². The summed E-state index contributed by atoms with van der Waals surface area (Å²) in [5, 5.41) is 22.2. The topological polar surface area (TPSA) is 109 Å². The summed E-state index contributed by atoms with van der Waals surface area (Å²) in [5.41, 5.74) is -0.447. The molecule has 0 aliphatic heterocycles. The third kappa shape index (κ3) is 2.46. The molecule has 1 aromatic carbocycles. The highest BCUT2D eigenvalue weighted by Crippen LogP contribution is 2.08. The van der Waals surface area contributed by atoms with Crippen LogP contribution in [0.1, 0.15) is 5.82 Å². The van der Waals surface area contributed by atoms with Crippen LogP contribution in [0.3, 0.4) is 0 Å². The van der Waals surface area contributed by atoms with Gasteiger partial charge in [0.15, 0.2) is 5.82 Å². The maximum absolute atomic E-state index is 12.0. The van der Waals surface area contributed by atoms with E-state index in [2.05, 4.69) is 15.5 Å². The number of pyridine rings is 1. The van der Waals surface area contributed by atoms with Crippen LogP contribution in [-0.2, 0) is 6.54 Å². The summed E-state index contributed by atoms with van der Waals surface area (Å²) in [6.45, 7) is 0.0302. The van der Waals surface area contributed by atoms with E-state index >= 15 is 0 Å². The van der Waals surface area contributed by atoms with Gasteiger partial charge in [0, 0.05) is 12.3 Å². The molecule has 0 amide bonds. The monoisotopic (exact) mass is 298 g/mol. The highest BCUT2D eigenvalue weighted by atomic mass is 16.6. The van der Waals surface area contributed by atoms with Gasteiger partial charge in [-0.05, 0) is 28.6 Å². The van der Waals surface area contributed by atoms with Crippen molar-refractivity contribution in [1.29, 1.82) is 0 Å². The number of nitro groups is 1. The van der Waals surface area contributed by atoms with Crippen LogP contribution in [0.25, 0.3) is 5.69 Å². The predicted octanol–water partition coefficient (Wildman–Crippen LogP) is 0.780. The Morgan fingerprint density at radius 1 is 1.14 bits per heavy atom. The molecular formula is C13H10N6O3. The predicted molar refractivity (Wildman–Crippen MR) is 75.6 cm³/mol. The van der Waals surface area contributed by atoms with E-state index in [0.29, 0.717) is 5.82 Å². The smallest absolute Gasteiger partial charge is 0.302 e. The van der Waals surface area contributed by atoms with Crippen molar-refractivity contribution < 1.29 is 4.92 Å². The molecule has 0 saturated carbocycles. The first-order valence-corrected chi connectivity index (χ1v) is 6.33. The Hall–Kier alpha value is -3.36. The zero-order valence-electron chi connectivity index (χ0n) is 11.2. The SMILES string of the molecule is O=c1c([N+](=O)[O-])cccn1Cc1nnnn1-c1ccccc1. The van der Waals surface area contributed by atoms with Crippen LogP contribution in [0.4, 0.5) is 5.69 Å². The fraction of sp³-hybridized carbons (Fsp3) is 0.0769. The molecule has 22 heavy (non-hydrogen) atoms. The Balaban J connectivity index is 1.99. The molecule has 3 rings (SSSR count). The molecule has 2 heterocycles. The van der Waals surface area contributed by atoms with Crippen LogP contribution in [0.2, 0.25) is 0 Å². The van der Waals surface area contributed by atoms with Crippen LogP contribution in [-0.4, -0.2) is 29.7 Å². The molecule has 0 saturated heterocycles. The fourth-order valence-electron chi connectivity index (χ4n) is 2.01. The van der Waals surface area contributed by atoms with Crippen LogP contribution in [0, 0.1) is 10.1 Å². The Morgan fingerprint density at radius 2 is 1.91 bits per heavy atom. The number of nitrogens with zero attached hydrogens (tertiary/aromatic N) is 6. The second-order valence-corrected chi connectivity index (χ2v) is 4.43. The fourth-order valence-corrected chi connectivity index (χ4v) is 2.01. The van der Waals surface area contributed by atoms with Gasteiger partial charge in [0.25, 0.3) is 0 Å². The van der Waals surface area contributed by atoms with Crippen molar-refractivity contribution in [2.45, 2.75) is 6.54 Å². The Kier molecular flexibility index (Phi) is 3.44. The van der Waals surface area contributed by atoms with Gasteiger partial charge in [-0.25, -0.2) is 0 Å². The van der Waals surface area contributed by atoms with Gasteiger partial charge in [-0.15, -0.1) is 5.10 Å². The van der Waals surface area contributed by atoms with Crippen molar-refractivity contribution in [2.75, 3.05) is 0 Å². The molecular weight excluding hydrogens is 288 g/mol. The van der Waals surface area contributed by atoms with E-state index in [1.165, 1.54) is 27.6 Å². The van der Waals surface area contributed by atoms with Gasteiger partial charge < -0.3 is 4.57 Å². The maximum atomic E-state index is 12.0. The second-order valence-electron chi connectivity index (χ2n) is 4.43. The number of benzene rings is 1. The Labute approximate surface area is 123 Å². The lowest BCUT2D eigenvalue weighted by Crippen LogP contribution is -2.23. The quantitative estimate of drug-likeness (QED) is 0.520. The van der Waals surface area contributed by atoms with Gasteiger partial charge in [0.2, 0.25) is 0 Å².